The van der Waals surface area contributed by atoms with E-state index in [1.54, 1.807) is 11.3 Å². The molecule has 0 radical (unpaired) electrons. The molecule has 6 heteroatoms. The highest BCUT2D eigenvalue weighted by molar-refractivity contribution is 9.11. The van der Waals surface area contributed by atoms with Crippen molar-refractivity contribution >= 4 is 61.8 Å². The molecule has 0 spiro atoms. The van der Waals surface area contributed by atoms with E-state index in [9.17, 15) is 0 Å². The molecule has 1 atom stereocenters. The van der Waals surface area contributed by atoms with Crippen molar-refractivity contribution < 1.29 is 0 Å². The van der Waals surface area contributed by atoms with Crippen molar-refractivity contribution in [1.29, 1.82) is 0 Å². The van der Waals surface area contributed by atoms with Crippen LogP contribution in [0.4, 0.5) is 0 Å². The van der Waals surface area contributed by atoms with Gasteiger partial charge in [0.25, 0.3) is 0 Å². The normalized spacial score (nSPS) is 12.9. The minimum Gasteiger partial charge on any atom is -0.306 e. The Balaban J connectivity index is 2.46. The molecule has 0 aromatic carbocycles. The molecule has 18 heavy (non-hydrogen) atoms. The van der Waals surface area contributed by atoms with Gasteiger partial charge in [-0.15, -0.1) is 22.7 Å². The zero-order valence-corrected chi connectivity index (χ0v) is 14.6. The molecule has 0 aliphatic rings. The van der Waals surface area contributed by atoms with E-state index in [0.29, 0.717) is 0 Å². The van der Waals surface area contributed by atoms with Crippen LogP contribution in [-0.4, -0.2) is 6.54 Å². The summed E-state index contributed by atoms with van der Waals surface area (Å²) in [7, 11) is 0. The molecular formula is C12H12BrCl2NS2. The maximum absolute atomic E-state index is 6.27. The number of thiophene rings is 2. The highest BCUT2D eigenvalue weighted by Crippen LogP contribution is 2.40. The standard InChI is InChI=1S/C12H12BrCl2NS2/c1-3-16-11(7-4-9(13)17-6(7)2)8-5-10(14)18-12(8)15/h4-5,11,16H,3H2,1-2H3. The Hall–Kier alpha value is 0.420. The molecule has 1 unspecified atom stereocenters. The Morgan fingerprint density at radius 2 is 2.00 bits per heavy atom. The van der Waals surface area contributed by atoms with Crippen molar-refractivity contribution in [2.45, 2.75) is 19.9 Å². The lowest BCUT2D eigenvalue weighted by Gasteiger charge is -2.17. The van der Waals surface area contributed by atoms with Crippen LogP contribution in [0.3, 0.4) is 0 Å². The first-order valence-corrected chi connectivity index (χ1v) is 8.65. The second-order valence-corrected chi connectivity index (χ2v) is 8.75. The van der Waals surface area contributed by atoms with Gasteiger partial charge < -0.3 is 5.32 Å². The average Bonchev–Trinajstić information content (AvgIpc) is 2.78. The molecule has 1 nitrogen and oxygen atoms in total. The van der Waals surface area contributed by atoms with Gasteiger partial charge in [0.2, 0.25) is 0 Å². The second-order valence-electron chi connectivity index (χ2n) is 3.83. The van der Waals surface area contributed by atoms with E-state index in [1.807, 2.05) is 6.07 Å². The van der Waals surface area contributed by atoms with Gasteiger partial charge in [-0.2, -0.15) is 0 Å². The van der Waals surface area contributed by atoms with Crippen LogP contribution < -0.4 is 5.32 Å². The maximum Gasteiger partial charge on any atom is 0.0995 e. The van der Waals surface area contributed by atoms with Gasteiger partial charge in [0, 0.05) is 10.4 Å². The Bertz CT molecular complexity index is 504. The molecule has 0 aliphatic carbocycles. The topological polar surface area (TPSA) is 12.0 Å². The molecule has 1 N–H and O–H groups in total. The molecule has 0 fully saturated rings. The first-order valence-electron chi connectivity index (χ1n) is 5.46. The summed E-state index contributed by atoms with van der Waals surface area (Å²) in [4.78, 5) is 1.28. The Morgan fingerprint density at radius 3 is 2.44 bits per heavy atom. The monoisotopic (exact) mass is 383 g/mol. The van der Waals surface area contributed by atoms with E-state index in [-0.39, 0.29) is 6.04 Å². The highest BCUT2D eigenvalue weighted by Gasteiger charge is 2.21. The van der Waals surface area contributed by atoms with Crippen LogP contribution in [-0.2, 0) is 0 Å². The van der Waals surface area contributed by atoms with E-state index in [1.165, 1.54) is 21.8 Å². The lowest BCUT2D eigenvalue weighted by molar-refractivity contribution is 0.632. The fourth-order valence-corrected chi connectivity index (χ4v) is 5.17. The van der Waals surface area contributed by atoms with Crippen molar-refractivity contribution in [3.8, 4) is 0 Å². The number of rotatable bonds is 4. The lowest BCUT2D eigenvalue weighted by Crippen LogP contribution is -2.21. The first kappa shape index (κ1) is 14.8. The smallest absolute Gasteiger partial charge is 0.0995 e. The van der Waals surface area contributed by atoms with Crippen LogP contribution in [0.1, 0.15) is 29.0 Å². The van der Waals surface area contributed by atoms with E-state index in [2.05, 4.69) is 41.2 Å². The predicted molar refractivity (Wildman–Crippen MR) is 86.6 cm³/mol. The van der Waals surface area contributed by atoms with Crippen molar-refractivity contribution in [2.24, 2.45) is 0 Å². The van der Waals surface area contributed by atoms with Gasteiger partial charge in [0.05, 0.1) is 18.5 Å². The summed E-state index contributed by atoms with van der Waals surface area (Å²) >= 11 is 19.0. The molecule has 2 aromatic heterocycles. The summed E-state index contributed by atoms with van der Waals surface area (Å²) < 4.78 is 2.62. The third-order valence-electron chi connectivity index (χ3n) is 2.64. The Labute approximate surface area is 133 Å². The van der Waals surface area contributed by atoms with Crippen LogP contribution in [0.25, 0.3) is 0 Å². The SMILES string of the molecule is CCNC(c1cc(Br)sc1C)c1cc(Cl)sc1Cl. The van der Waals surface area contributed by atoms with Crippen molar-refractivity contribution in [2.75, 3.05) is 6.54 Å². The zero-order chi connectivity index (χ0) is 13.3. The molecule has 0 amide bonds. The van der Waals surface area contributed by atoms with Gasteiger partial charge in [-0.3, -0.25) is 0 Å². The summed E-state index contributed by atoms with van der Waals surface area (Å²) in [6.07, 6.45) is 0. The average molecular weight is 385 g/mol. The summed E-state index contributed by atoms with van der Waals surface area (Å²) in [6, 6.07) is 4.20. The molecule has 0 aliphatic heterocycles. The van der Waals surface area contributed by atoms with Crippen LogP contribution in [0.15, 0.2) is 15.9 Å². The van der Waals surface area contributed by atoms with E-state index < -0.39 is 0 Å². The van der Waals surface area contributed by atoms with Gasteiger partial charge in [0.15, 0.2) is 0 Å². The molecule has 0 saturated carbocycles. The maximum atomic E-state index is 6.27. The number of hydrogen-bond donors (Lipinski definition) is 1. The number of hydrogen-bond acceptors (Lipinski definition) is 3. The summed E-state index contributed by atoms with van der Waals surface area (Å²) in [5.41, 5.74) is 2.31. The van der Waals surface area contributed by atoms with Gasteiger partial charge in [-0.25, -0.2) is 0 Å². The van der Waals surface area contributed by atoms with Gasteiger partial charge in [-0.05, 0) is 47.1 Å². The lowest BCUT2D eigenvalue weighted by atomic mass is 10.0. The Morgan fingerprint density at radius 1 is 1.28 bits per heavy atom. The van der Waals surface area contributed by atoms with Crippen molar-refractivity contribution in [3.63, 3.8) is 0 Å². The third kappa shape index (κ3) is 3.11. The Kier molecular flexibility index (Phi) is 5.14. The quantitative estimate of drug-likeness (QED) is 0.693. The number of aryl methyl sites for hydroxylation is 1. The first-order chi connectivity index (χ1) is 8.52. The minimum atomic E-state index is 0.105. The van der Waals surface area contributed by atoms with Crippen molar-refractivity contribution in [1.82, 2.24) is 5.32 Å². The molecule has 2 heterocycles. The molecule has 0 saturated heterocycles. The number of nitrogens with one attached hydrogen (secondary N) is 1. The fraction of sp³-hybridized carbons (Fsp3) is 0.333. The fourth-order valence-electron chi connectivity index (χ4n) is 1.89. The summed E-state index contributed by atoms with van der Waals surface area (Å²) in [5.74, 6) is 0. The van der Waals surface area contributed by atoms with E-state index in [4.69, 9.17) is 23.2 Å². The second kappa shape index (κ2) is 6.25. The molecule has 2 rings (SSSR count). The summed E-state index contributed by atoms with van der Waals surface area (Å²) in [5, 5.41) is 3.47. The van der Waals surface area contributed by atoms with Crippen LogP contribution in [0, 0.1) is 6.92 Å². The molecule has 98 valence electrons. The minimum absolute atomic E-state index is 0.105. The molecule has 2 aromatic rings. The zero-order valence-electron chi connectivity index (χ0n) is 9.89. The van der Waals surface area contributed by atoms with Gasteiger partial charge in [0.1, 0.15) is 0 Å². The van der Waals surface area contributed by atoms with Crippen LogP contribution in [0.2, 0.25) is 8.67 Å². The largest absolute Gasteiger partial charge is 0.306 e. The van der Waals surface area contributed by atoms with E-state index >= 15 is 0 Å². The highest BCUT2D eigenvalue weighted by atomic mass is 79.9. The predicted octanol–water partition coefficient (Wildman–Crippen LogP) is 5.89. The van der Waals surface area contributed by atoms with E-state index in [0.717, 1.165) is 24.6 Å². The summed E-state index contributed by atoms with van der Waals surface area (Å²) in [6.45, 7) is 5.09. The van der Waals surface area contributed by atoms with Crippen LogP contribution in [0.5, 0.6) is 0 Å². The van der Waals surface area contributed by atoms with Crippen molar-refractivity contribution in [3.05, 3.63) is 40.6 Å². The van der Waals surface area contributed by atoms with Gasteiger partial charge >= 0.3 is 0 Å². The number of halogens is 3. The van der Waals surface area contributed by atoms with Gasteiger partial charge in [-0.1, -0.05) is 30.1 Å². The molecular weight excluding hydrogens is 373 g/mol. The molecule has 0 bridgehead atoms. The third-order valence-corrected chi connectivity index (χ3v) is 5.73. The van der Waals surface area contributed by atoms with Crippen LogP contribution >= 0.6 is 61.8 Å².